The second-order valence-electron chi connectivity index (χ2n) is 5.78. The Balaban J connectivity index is 1.69. The third kappa shape index (κ3) is 3.42. The van der Waals surface area contributed by atoms with E-state index >= 15 is 0 Å². The maximum atomic E-state index is 12.4. The van der Waals surface area contributed by atoms with Gasteiger partial charge in [0.15, 0.2) is 9.84 Å². The molecule has 23 heavy (non-hydrogen) atoms. The minimum atomic E-state index is -3.32. The average Bonchev–Trinajstić information content (AvgIpc) is 3.16. The zero-order chi connectivity index (χ0) is 16.4. The second-order valence-corrected chi connectivity index (χ2v) is 7.77. The van der Waals surface area contributed by atoms with Gasteiger partial charge in [-0.25, -0.2) is 8.42 Å². The highest BCUT2D eigenvalue weighted by Crippen LogP contribution is 2.30. The number of sulfone groups is 1. The first-order valence-electron chi connectivity index (χ1n) is 7.35. The summed E-state index contributed by atoms with van der Waals surface area (Å²) in [5, 5.41) is 6.64. The van der Waals surface area contributed by atoms with Crippen molar-refractivity contribution in [2.24, 2.45) is 0 Å². The van der Waals surface area contributed by atoms with Crippen molar-refractivity contribution in [3.63, 3.8) is 0 Å². The number of pyridine rings is 1. The molecule has 0 saturated carbocycles. The van der Waals surface area contributed by atoms with Gasteiger partial charge in [0.2, 0.25) is 5.91 Å². The van der Waals surface area contributed by atoms with Crippen LogP contribution in [0.4, 0.5) is 0 Å². The Kier molecular flexibility index (Phi) is 4.16. The van der Waals surface area contributed by atoms with Crippen molar-refractivity contribution < 1.29 is 13.2 Å². The molecule has 0 aliphatic carbocycles. The Morgan fingerprint density at radius 2 is 2.26 bits per heavy atom. The van der Waals surface area contributed by atoms with Crippen molar-refractivity contribution >= 4 is 15.7 Å². The number of likely N-dealkylation sites (tertiary alicyclic amines) is 1. The van der Waals surface area contributed by atoms with Gasteiger partial charge in [-0.3, -0.25) is 14.9 Å². The maximum Gasteiger partial charge on any atom is 0.227 e. The van der Waals surface area contributed by atoms with Gasteiger partial charge in [-0.15, -0.1) is 0 Å². The van der Waals surface area contributed by atoms with Crippen LogP contribution in [0, 0.1) is 0 Å². The van der Waals surface area contributed by atoms with Crippen LogP contribution < -0.4 is 0 Å². The topological polar surface area (TPSA) is 96.0 Å². The molecule has 7 nitrogen and oxygen atoms in total. The fourth-order valence-corrected chi connectivity index (χ4v) is 3.74. The monoisotopic (exact) mass is 334 g/mol. The van der Waals surface area contributed by atoms with Crippen LogP contribution in [0.3, 0.4) is 0 Å². The second kappa shape index (κ2) is 6.11. The number of aromatic amines is 1. The molecule has 3 rings (SSSR count). The summed E-state index contributed by atoms with van der Waals surface area (Å²) < 4.78 is 23.6. The summed E-state index contributed by atoms with van der Waals surface area (Å²) in [5.74, 6) is 0.000921. The van der Waals surface area contributed by atoms with Gasteiger partial charge in [-0.2, -0.15) is 5.10 Å². The standard InChI is InChI=1S/C15H18N4O3S/c1-23(21,22)13-9-17-18-15(13)12-4-6-19(10-12)14(20)7-11-3-2-5-16-8-11/h2-3,5,8-9,12H,4,6-7,10H2,1H3,(H,17,18)/t12-/m0/s1. The van der Waals surface area contributed by atoms with Gasteiger partial charge in [-0.1, -0.05) is 6.07 Å². The van der Waals surface area contributed by atoms with E-state index in [1.807, 2.05) is 6.07 Å². The molecule has 2 aromatic heterocycles. The third-order valence-electron chi connectivity index (χ3n) is 4.06. The van der Waals surface area contributed by atoms with Crippen molar-refractivity contribution in [2.75, 3.05) is 19.3 Å². The summed E-state index contributed by atoms with van der Waals surface area (Å²) in [5.41, 5.74) is 1.48. The van der Waals surface area contributed by atoms with Gasteiger partial charge in [0.1, 0.15) is 4.90 Å². The predicted molar refractivity (Wildman–Crippen MR) is 83.6 cm³/mol. The number of carbonyl (C=O) groups excluding carboxylic acids is 1. The minimum absolute atomic E-state index is 0.0277. The highest BCUT2D eigenvalue weighted by molar-refractivity contribution is 7.90. The molecule has 1 atom stereocenters. The molecule has 1 N–H and O–H groups in total. The lowest BCUT2D eigenvalue weighted by atomic mass is 10.1. The number of carbonyl (C=O) groups is 1. The molecule has 1 aliphatic rings. The van der Waals surface area contributed by atoms with Crippen molar-refractivity contribution in [1.29, 1.82) is 0 Å². The highest BCUT2D eigenvalue weighted by Gasteiger charge is 2.31. The minimum Gasteiger partial charge on any atom is -0.342 e. The molecule has 3 heterocycles. The number of nitrogens with one attached hydrogen (secondary N) is 1. The lowest BCUT2D eigenvalue weighted by Crippen LogP contribution is -2.30. The molecule has 0 bridgehead atoms. The van der Waals surface area contributed by atoms with Gasteiger partial charge in [0, 0.05) is 37.7 Å². The largest absolute Gasteiger partial charge is 0.342 e. The number of aromatic nitrogens is 3. The summed E-state index contributed by atoms with van der Waals surface area (Å²) in [4.78, 5) is 18.4. The van der Waals surface area contributed by atoms with Gasteiger partial charge in [0.05, 0.1) is 18.3 Å². The molecule has 122 valence electrons. The van der Waals surface area contributed by atoms with Crippen LogP contribution in [0.15, 0.2) is 35.6 Å². The molecular weight excluding hydrogens is 316 g/mol. The lowest BCUT2D eigenvalue weighted by molar-refractivity contribution is -0.129. The summed E-state index contributed by atoms with van der Waals surface area (Å²) in [6.07, 6.45) is 6.89. The summed E-state index contributed by atoms with van der Waals surface area (Å²) in [6.45, 7) is 1.12. The highest BCUT2D eigenvalue weighted by atomic mass is 32.2. The Hall–Kier alpha value is -2.22. The smallest absolute Gasteiger partial charge is 0.227 e. The molecule has 2 aromatic rings. The lowest BCUT2D eigenvalue weighted by Gasteiger charge is -2.16. The SMILES string of the molecule is CS(=O)(=O)c1cn[nH]c1[C@H]1CCN(C(=O)Cc2cccnc2)C1. The van der Waals surface area contributed by atoms with Crippen molar-refractivity contribution in [3.8, 4) is 0 Å². The van der Waals surface area contributed by atoms with Crippen molar-refractivity contribution in [3.05, 3.63) is 42.0 Å². The van der Waals surface area contributed by atoms with E-state index in [1.165, 1.54) is 12.5 Å². The first-order valence-corrected chi connectivity index (χ1v) is 9.24. The molecule has 1 aliphatic heterocycles. The number of H-pyrrole nitrogens is 1. The van der Waals surface area contributed by atoms with Crippen LogP contribution in [0.1, 0.15) is 23.6 Å². The molecule has 0 radical (unpaired) electrons. The third-order valence-corrected chi connectivity index (χ3v) is 5.18. The van der Waals surface area contributed by atoms with Crippen molar-refractivity contribution in [1.82, 2.24) is 20.1 Å². The van der Waals surface area contributed by atoms with E-state index in [-0.39, 0.29) is 16.7 Å². The summed E-state index contributed by atoms with van der Waals surface area (Å²) >= 11 is 0. The van der Waals surface area contributed by atoms with Crippen LogP contribution >= 0.6 is 0 Å². The molecule has 1 saturated heterocycles. The number of nitrogens with zero attached hydrogens (tertiary/aromatic N) is 3. The van der Waals surface area contributed by atoms with Crippen LogP contribution in [0.25, 0.3) is 0 Å². The van der Waals surface area contributed by atoms with Gasteiger partial charge in [0.25, 0.3) is 0 Å². The number of amides is 1. The van der Waals surface area contributed by atoms with Crippen LogP contribution in [-0.2, 0) is 21.1 Å². The predicted octanol–water partition coefficient (Wildman–Crippen LogP) is 0.767. The summed E-state index contributed by atoms with van der Waals surface area (Å²) in [7, 11) is -3.32. The quantitative estimate of drug-likeness (QED) is 0.891. The zero-order valence-corrected chi connectivity index (χ0v) is 13.6. The molecule has 1 fully saturated rings. The molecule has 1 amide bonds. The number of hydrogen-bond donors (Lipinski definition) is 1. The Bertz CT molecular complexity index is 801. The van der Waals surface area contributed by atoms with E-state index in [4.69, 9.17) is 0 Å². The molecule has 0 spiro atoms. The van der Waals surface area contributed by atoms with Gasteiger partial charge < -0.3 is 4.90 Å². The fraction of sp³-hybridized carbons (Fsp3) is 0.400. The molecule has 8 heteroatoms. The van der Waals surface area contributed by atoms with Gasteiger partial charge >= 0.3 is 0 Å². The van der Waals surface area contributed by atoms with E-state index in [0.29, 0.717) is 25.2 Å². The normalized spacial score (nSPS) is 18.3. The van der Waals surface area contributed by atoms with E-state index in [2.05, 4.69) is 15.2 Å². The Morgan fingerprint density at radius 3 is 2.96 bits per heavy atom. The molecule has 0 unspecified atom stereocenters. The zero-order valence-electron chi connectivity index (χ0n) is 12.8. The maximum absolute atomic E-state index is 12.4. The first-order chi connectivity index (χ1) is 10.9. The van der Waals surface area contributed by atoms with E-state index < -0.39 is 9.84 Å². The summed E-state index contributed by atoms with van der Waals surface area (Å²) in [6, 6.07) is 3.67. The number of rotatable bonds is 4. The Morgan fingerprint density at radius 1 is 1.43 bits per heavy atom. The van der Waals surface area contributed by atoms with Crippen molar-refractivity contribution in [2.45, 2.75) is 23.7 Å². The number of hydrogen-bond acceptors (Lipinski definition) is 5. The molecular formula is C15H18N4O3S. The van der Waals surface area contributed by atoms with Crippen LogP contribution in [0.5, 0.6) is 0 Å². The van der Waals surface area contributed by atoms with E-state index in [9.17, 15) is 13.2 Å². The fourth-order valence-electron chi connectivity index (χ4n) is 2.88. The van der Waals surface area contributed by atoms with Crippen LogP contribution in [-0.4, -0.2) is 53.8 Å². The average molecular weight is 334 g/mol. The first kappa shape index (κ1) is 15.7. The van der Waals surface area contributed by atoms with Gasteiger partial charge in [-0.05, 0) is 18.1 Å². The van der Waals surface area contributed by atoms with Crippen LogP contribution in [0.2, 0.25) is 0 Å². The Labute approximate surface area is 134 Å². The molecule has 0 aromatic carbocycles. The van der Waals surface area contributed by atoms with E-state index in [1.54, 1.807) is 23.4 Å². The van der Waals surface area contributed by atoms with E-state index in [0.717, 1.165) is 12.0 Å².